The maximum absolute atomic E-state index is 12.7. The summed E-state index contributed by atoms with van der Waals surface area (Å²) < 4.78 is 43.5. The van der Waals surface area contributed by atoms with Crippen LogP contribution in [0.5, 0.6) is 5.75 Å². The van der Waals surface area contributed by atoms with E-state index >= 15 is 0 Å². The monoisotopic (exact) mass is 363 g/mol. The van der Waals surface area contributed by atoms with E-state index in [0.29, 0.717) is 31.3 Å². The lowest BCUT2D eigenvalue weighted by atomic mass is 9.98. The molecule has 0 bridgehead atoms. The number of aromatic nitrogens is 3. The molecule has 1 aliphatic heterocycles. The first-order chi connectivity index (χ1) is 12.5. The topological polar surface area (TPSA) is 74.9 Å². The number of anilines is 1. The molecule has 1 saturated heterocycles. The Balaban J connectivity index is 1.52. The number of halogens is 3. The molecule has 26 heavy (non-hydrogen) atoms. The van der Waals surface area contributed by atoms with Crippen LogP contribution in [0.25, 0.3) is 0 Å². The first kappa shape index (κ1) is 17.9. The Morgan fingerprint density at radius 1 is 1.19 bits per heavy atom. The van der Waals surface area contributed by atoms with E-state index in [0.717, 1.165) is 25.1 Å². The molecular formula is C17H16F3N5O. The minimum Gasteiger partial charge on any atom is -0.493 e. The van der Waals surface area contributed by atoms with Crippen LogP contribution in [0, 0.1) is 17.2 Å². The Kier molecular flexibility index (Phi) is 5.21. The smallest absolute Gasteiger partial charge is 0.433 e. The van der Waals surface area contributed by atoms with E-state index in [1.54, 1.807) is 12.3 Å². The minimum atomic E-state index is -4.48. The van der Waals surface area contributed by atoms with Crippen molar-refractivity contribution in [2.24, 2.45) is 5.92 Å². The Morgan fingerprint density at radius 2 is 1.92 bits per heavy atom. The molecule has 0 radical (unpaired) electrons. The number of nitrogens with zero attached hydrogens (tertiary/aromatic N) is 5. The molecule has 136 valence electrons. The third-order valence-electron chi connectivity index (χ3n) is 4.16. The highest BCUT2D eigenvalue weighted by Gasteiger charge is 2.32. The summed E-state index contributed by atoms with van der Waals surface area (Å²) in [6.07, 6.45) is -0.227. The summed E-state index contributed by atoms with van der Waals surface area (Å²) in [6.45, 7) is 1.74. The maximum Gasteiger partial charge on any atom is 0.433 e. The zero-order valence-electron chi connectivity index (χ0n) is 13.8. The molecule has 3 heterocycles. The summed E-state index contributed by atoms with van der Waals surface area (Å²) in [5.41, 5.74) is -0.641. The average molecular weight is 363 g/mol. The van der Waals surface area contributed by atoms with E-state index < -0.39 is 11.9 Å². The molecule has 0 saturated carbocycles. The van der Waals surface area contributed by atoms with Crippen LogP contribution in [0.2, 0.25) is 0 Å². The van der Waals surface area contributed by atoms with Crippen molar-refractivity contribution in [3.63, 3.8) is 0 Å². The van der Waals surface area contributed by atoms with Gasteiger partial charge in [-0.1, -0.05) is 0 Å². The fourth-order valence-corrected chi connectivity index (χ4v) is 2.73. The van der Waals surface area contributed by atoms with Gasteiger partial charge in [-0.2, -0.15) is 18.4 Å². The molecule has 1 aliphatic rings. The number of ether oxygens (including phenoxy) is 1. The highest BCUT2D eigenvalue weighted by molar-refractivity contribution is 5.34. The van der Waals surface area contributed by atoms with E-state index in [2.05, 4.69) is 15.0 Å². The number of alkyl halides is 3. The summed E-state index contributed by atoms with van der Waals surface area (Å²) in [5, 5.41) is 8.90. The molecule has 0 N–H and O–H groups in total. The molecule has 2 aromatic rings. The van der Waals surface area contributed by atoms with Gasteiger partial charge in [-0.25, -0.2) is 9.97 Å². The number of rotatable bonds is 4. The lowest BCUT2D eigenvalue weighted by molar-refractivity contribution is -0.141. The highest BCUT2D eigenvalue weighted by Crippen LogP contribution is 2.30. The molecule has 0 aliphatic carbocycles. The van der Waals surface area contributed by atoms with E-state index in [4.69, 9.17) is 10.00 Å². The van der Waals surface area contributed by atoms with Crippen LogP contribution in [-0.4, -0.2) is 34.6 Å². The van der Waals surface area contributed by atoms with Crippen molar-refractivity contribution in [2.45, 2.75) is 19.0 Å². The number of hydrogen-bond donors (Lipinski definition) is 0. The molecule has 6 nitrogen and oxygen atoms in total. The fraction of sp³-hybridized carbons (Fsp3) is 0.412. The van der Waals surface area contributed by atoms with E-state index in [1.165, 1.54) is 6.07 Å². The standard InChI is InChI=1S/C17H16F3N5O/c18-17(19,20)15-9-14(2-6-22-15)26-11-12-3-7-25(8-4-12)16-23-5-1-13(10-21)24-16/h1-2,5-6,9,12H,3-4,7-8,11H2. The van der Waals surface area contributed by atoms with Gasteiger partial charge in [0.05, 0.1) is 6.61 Å². The second-order valence-corrected chi connectivity index (χ2v) is 5.97. The summed E-state index contributed by atoms with van der Waals surface area (Å²) in [6, 6.07) is 5.87. The van der Waals surface area contributed by atoms with E-state index in [9.17, 15) is 13.2 Å². The zero-order valence-corrected chi connectivity index (χ0v) is 13.8. The number of nitriles is 1. The predicted octanol–water partition coefficient (Wildman–Crippen LogP) is 3.06. The van der Waals surface area contributed by atoms with Crippen molar-refractivity contribution in [1.82, 2.24) is 15.0 Å². The Bertz CT molecular complexity index is 797. The fourth-order valence-electron chi connectivity index (χ4n) is 2.73. The van der Waals surface area contributed by atoms with Gasteiger partial charge in [0.1, 0.15) is 23.2 Å². The second kappa shape index (κ2) is 7.56. The van der Waals surface area contributed by atoms with Crippen molar-refractivity contribution >= 4 is 5.95 Å². The first-order valence-corrected chi connectivity index (χ1v) is 8.10. The molecule has 1 fully saturated rings. The van der Waals surface area contributed by atoms with Crippen molar-refractivity contribution in [3.8, 4) is 11.8 Å². The maximum atomic E-state index is 12.7. The summed E-state index contributed by atoms with van der Waals surface area (Å²) in [4.78, 5) is 13.7. The molecule has 9 heteroatoms. The normalized spacial score (nSPS) is 15.5. The van der Waals surface area contributed by atoms with E-state index in [-0.39, 0.29) is 11.7 Å². The van der Waals surface area contributed by atoms with Gasteiger partial charge in [-0.05, 0) is 30.9 Å². The van der Waals surface area contributed by atoms with Gasteiger partial charge >= 0.3 is 6.18 Å². The van der Waals surface area contributed by atoms with Gasteiger partial charge in [-0.3, -0.25) is 4.98 Å². The number of pyridine rings is 1. The van der Waals surface area contributed by atoms with Crippen molar-refractivity contribution in [3.05, 3.63) is 42.0 Å². The van der Waals surface area contributed by atoms with Crippen molar-refractivity contribution in [1.29, 1.82) is 5.26 Å². The molecule has 0 amide bonds. The van der Waals surface area contributed by atoms with Gasteiger partial charge in [0.25, 0.3) is 0 Å². The molecule has 0 atom stereocenters. The summed E-state index contributed by atoms with van der Waals surface area (Å²) in [7, 11) is 0. The van der Waals surface area contributed by atoms with Gasteiger partial charge < -0.3 is 9.64 Å². The van der Waals surface area contributed by atoms with Crippen molar-refractivity contribution in [2.75, 3.05) is 24.6 Å². The number of hydrogen-bond acceptors (Lipinski definition) is 6. The van der Waals surface area contributed by atoms with Gasteiger partial charge in [0.2, 0.25) is 5.95 Å². The predicted molar refractivity (Wildman–Crippen MR) is 86.4 cm³/mol. The quantitative estimate of drug-likeness (QED) is 0.831. The van der Waals surface area contributed by atoms with Crippen LogP contribution in [0.4, 0.5) is 19.1 Å². The second-order valence-electron chi connectivity index (χ2n) is 5.97. The Labute approximate surface area is 148 Å². The minimum absolute atomic E-state index is 0.166. The average Bonchev–Trinajstić information content (AvgIpc) is 2.66. The SMILES string of the molecule is N#Cc1ccnc(N2CCC(COc3ccnc(C(F)(F)F)c3)CC2)n1. The molecule has 0 spiro atoms. The Hall–Kier alpha value is -2.89. The van der Waals surface area contributed by atoms with Gasteiger partial charge in [-0.15, -0.1) is 0 Å². The van der Waals surface area contributed by atoms with Crippen LogP contribution < -0.4 is 9.64 Å². The molecule has 2 aromatic heterocycles. The van der Waals surface area contributed by atoms with Crippen LogP contribution in [0.15, 0.2) is 30.6 Å². The Morgan fingerprint density at radius 3 is 2.62 bits per heavy atom. The molecule has 0 aromatic carbocycles. The van der Waals surface area contributed by atoms with Crippen LogP contribution in [0.1, 0.15) is 24.2 Å². The van der Waals surface area contributed by atoms with Gasteiger partial charge in [0, 0.05) is 31.5 Å². The molecular weight excluding hydrogens is 347 g/mol. The summed E-state index contributed by atoms with van der Waals surface area (Å²) in [5.74, 6) is 0.917. The number of piperidine rings is 1. The highest BCUT2D eigenvalue weighted by atomic mass is 19.4. The molecule has 0 unspecified atom stereocenters. The van der Waals surface area contributed by atoms with Gasteiger partial charge in [0.15, 0.2) is 0 Å². The third-order valence-corrected chi connectivity index (χ3v) is 4.16. The summed E-state index contributed by atoms with van der Waals surface area (Å²) >= 11 is 0. The largest absolute Gasteiger partial charge is 0.493 e. The third kappa shape index (κ3) is 4.39. The van der Waals surface area contributed by atoms with Crippen LogP contribution in [-0.2, 0) is 6.18 Å². The van der Waals surface area contributed by atoms with Crippen LogP contribution in [0.3, 0.4) is 0 Å². The van der Waals surface area contributed by atoms with Crippen molar-refractivity contribution < 1.29 is 17.9 Å². The first-order valence-electron chi connectivity index (χ1n) is 8.10. The lowest BCUT2D eigenvalue weighted by Gasteiger charge is -2.31. The van der Waals surface area contributed by atoms with E-state index in [1.807, 2.05) is 11.0 Å². The lowest BCUT2D eigenvalue weighted by Crippen LogP contribution is -2.36. The zero-order chi connectivity index (χ0) is 18.6. The van der Waals surface area contributed by atoms with Crippen LogP contribution >= 0.6 is 0 Å². The molecule has 3 rings (SSSR count).